The minimum atomic E-state index is -0.827. The lowest BCUT2D eigenvalue weighted by molar-refractivity contribution is -0.124. The number of carbonyl (C=O) groups is 1. The number of amides is 1. The van der Waals surface area contributed by atoms with E-state index < -0.39 is 11.5 Å². The van der Waals surface area contributed by atoms with E-state index in [-0.39, 0.29) is 5.91 Å². The zero-order valence-electron chi connectivity index (χ0n) is 13.1. The molecule has 1 aliphatic heterocycles. The Bertz CT molecular complexity index is 868. The van der Waals surface area contributed by atoms with Gasteiger partial charge in [0.15, 0.2) is 11.8 Å². The number of fused-ring (bicyclic) bond motifs is 2. The van der Waals surface area contributed by atoms with Crippen LogP contribution in [0.2, 0.25) is 0 Å². The fraction of sp³-hybridized carbons (Fsp3) is 0.263. The number of nitrogens with zero attached hydrogens (tertiary/aromatic N) is 3. The van der Waals surface area contributed by atoms with Gasteiger partial charge in [-0.05, 0) is 42.5 Å². The molecule has 1 aromatic carbocycles. The van der Waals surface area contributed by atoms with E-state index in [1.54, 1.807) is 6.20 Å². The van der Waals surface area contributed by atoms with Gasteiger partial charge in [-0.25, -0.2) is 0 Å². The Morgan fingerprint density at radius 3 is 2.83 bits per heavy atom. The fourth-order valence-electron chi connectivity index (χ4n) is 3.75. The molecule has 2 aliphatic rings. The molecule has 2 aromatic rings. The predicted molar refractivity (Wildman–Crippen MR) is 89.1 cm³/mol. The summed E-state index contributed by atoms with van der Waals surface area (Å²) < 4.78 is 0. The molecule has 2 unspecified atom stereocenters. The minimum Gasteiger partial charge on any atom is -0.308 e. The Morgan fingerprint density at radius 1 is 1.21 bits per heavy atom. The average Bonchev–Trinajstić information content (AvgIpc) is 2.63. The van der Waals surface area contributed by atoms with Gasteiger partial charge < -0.3 is 5.32 Å². The first kappa shape index (κ1) is 14.6. The van der Waals surface area contributed by atoms with Gasteiger partial charge in [0.1, 0.15) is 11.2 Å². The first-order chi connectivity index (χ1) is 11.7. The van der Waals surface area contributed by atoms with E-state index in [1.165, 1.54) is 5.56 Å². The molecule has 0 saturated carbocycles. The zero-order chi connectivity index (χ0) is 16.6. The van der Waals surface area contributed by atoms with Gasteiger partial charge in [0.2, 0.25) is 5.91 Å². The summed E-state index contributed by atoms with van der Waals surface area (Å²) in [5, 5.41) is 12.4. The summed E-state index contributed by atoms with van der Waals surface area (Å²) in [4.78, 5) is 21.8. The topological polar surface area (TPSA) is 78.1 Å². The summed E-state index contributed by atoms with van der Waals surface area (Å²) in [6.07, 6.45) is 4.21. The van der Waals surface area contributed by atoms with Crippen molar-refractivity contribution in [3.63, 3.8) is 0 Å². The highest BCUT2D eigenvalue weighted by Gasteiger charge is 2.50. The summed E-state index contributed by atoms with van der Waals surface area (Å²) >= 11 is 0. The average molecular weight is 316 g/mol. The molecule has 118 valence electrons. The van der Waals surface area contributed by atoms with Crippen LogP contribution < -0.4 is 5.32 Å². The van der Waals surface area contributed by atoms with Crippen LogP contribution in [0.15, 0.2) is 53.7 Å². The van der Waals surface area contributed by atoms with Crippen molar-refractivity contribution in [3.05, 3.63) is 65.5 Å². The molecular formula is C19H16N4O. The van der Waals surface area contributed by atoms with Crippen molar-refractivity contribution in [2.45, 2.75) is 24.8 Å². The third-order valence-electron chi connectivity index (χ3n) is 4.82. The Morgan fingerprint density at radius 2 is 2.04 bits per heavy atom. The van der Waals surface area contributed by atoms with E-state index in [9.17, 15) is 10.1 Å². The minimum absolute atomic E-state index is 0.301. The summed E-state index contributed by atoms with van der Waals surface area (Å²) in [7, 11) is 0. The van der Waals surface area contributed by atoms with Crippen molar-refractivity contribution in [2.75, 3.05) is 0 Å². The van der Waals surface area contributed by atoms with Crippen LogP contribution in [-0.4, -0.2) is 16.7 Å². The highest BCUT2D eigenvalue weighted by molar-refractivity contribution is 6.10. The number of nitriles is 1. The quantitative estimate of drug-likeness (QED) is 0.877. The second-order valence-corrected chi connectivity index (χ2v) is 6.16. The maximum atomic E-state index is 12.7. The third-order valence-corrected chi connectivity index (χ3v) is 4.82. The molecule has 5 heteroatoms. The van der Waals surface area contributed by atoms with Crippen molar-refractivity contribution >= 4 is 11.7 Å². The van der Waals surface area contributed by atoms with E-state index in [0.717, 1.165) is 18.4 Å². The van der Waals surface area contributed by atoms with Gasteiger partial charge in [0.25, 0.3) is 0 Å². The Hall–Kier alpha value is -3.00. The molecule has 2 atom stereocenters. The van der Waals surface area contributed by atoms with Gasteiger partial charge in [-0.2, -0.15) is 5.26 Å². The van der Waals surface area contributed by atoms with Crippen molar-refractivity contribution < 1.29 is 4.79 Å². The standard InChI is InChI=1S/C19H16N4O/c20-12-15-18(24)22-17(16-9-3-4-11-21-16)23-19(15)10-5-7-13-6-1-2-8-14(13)19/h1-4,6,8-9,11,15H,5,7,10H2,(H,22,23,24). The molecule has 0 fully saturated rings. The van der Waals surface area contributed by atoms with Gasteiger partial charge in [-0.1, -0.05) is 30.3 Å². The highest BCUT2D eigenvalue weighted by Crippen LogP contribution is 2.45. The smallest absolute Gasteiger partial charge is 0.245 e. The second kappa shape index (κ2) is 5.57. The molecule has 0 radical (unpaired) electrons. The Kier molecular flexibility index (Phi) is 3.39. The molecule has 24 heavy (non-hydrogen) atoms. The summed E-state index contributed by atoms with van der Waals surface area (Å²) in [5.74, 6) is -0.680. The van der Waals surface area contributed by atoms with Crippen LogP contribution in [0.5, 0.6) is 0 Å². The lowest BCUT2D eigenvalue weighted by Crippen LogP contribution is -2.52. The van der Waals surface area contributed by atoms with Crippen LogP contribution in [0, 0.1) is 17.2 Å². The van der Waals surface area contributed by atoms with Gasteiger partial charge in [-0.15, -0.1) is 0 Å². The summed E-state index contributed by atoms with van der Waals surface area (Å²) in [6.45, 7) is 0. The molecule has 4 rings (SSSR count). The maximum Gasteiger partial charge on any atom is 0.245 e. The molecule has 0 bridgehead atoms. The number of rotatable bonds is 1. The summed E-state index contributed by atoms with van der Waals surface area (Å²) in [6, 6.07) is 15.7. The zero-order valence-corrected chi connectivity index (χ0v) is 13.1. The monoisotopic (exact) mass is 316 g/mol. The lowest BCUT2D eigenvalue weighted by Gasteiger charge is -2.41. The van der Waals surface area contributed by atoms with Crippen molar-refractivity contribution in [1.82, 2.24) is 10.3 Å². The second-order valence-electron chi connectivity index (χ2n) is 6.16. The molecule has 1 aromatic heterocycles. The van der Waals surface area contributed by atoms with Crippen LogP contribution in [0.1, 0.15) is 29.7 Å². The number of hydrogen-bond acceptors (Lipinski definition) is 4. The third kappa shape index (κ3) is 2.11. The van der Waals surface area contributed by atoms with Crippen molar-refractivity contribution in [1.29, 1.82) is 5.26 Å². The van der Waals surface area contributed by atoms with Crippen molar-refractivity contribution in [3.8, 4) is 6.07 Å². The van der Waals surface area contributed by atoms with Crippen molar-refractivity contribution in [2.24, 2.45) is 10.9 Å². The number of benzene rings is 1. The molecule has 1 amide bonds. The number of aliphatic imine (C=N–C) groups is 1. The first-order valence-electron chi connectivity index (χ1n) is 8.05. The van der Waals surface area contributed by atoms with E-state index in [2.05, 4.69) is 22.4 Å². The van der Waals surface area contributed by atoms with E-state index in [4.69, 9.17) is 4.99 Å². The molecular weight excluding hydrogens is 300 g/mol. The summed E-state index contributed by atoms with van der Waals surface area (Å²) in [5.41, 5.74) is 1.96. The van der Waals surface area contributed by atoms with Crippen LogP contribution >= 0.6 is 0 Å². The molecule has 1 aliphatic carbocycles. The number of aryl methyl sites for hydroxylation is 1. The van der Waals surface area contributed by atoms with Crippen LogP contribution in [0.4, 0.5) is 0 Å². The largest absolute Gasteiger partial charge is 0.308 e. The Labute approximate surface area is 140 Å². The number of hydrogen-bond donors (Lipinski definition) is 1. The Balaban J connectivity index is 1.94. The molecule has 5 nitrogen and oxygen atoms in total. The molecule has 0 saturated heterocycles. The van der Waals surface area contributed by atoms with Gasteiger partial charge in [0, 0.05) is 6.20 Å². The van der Waals surface area contributed by atoms with Crippen LogP contribution in [0.25, 0.3) is 0 Å². The van der Waals surface area contributed by atoms with Gasteiger partial charge in [0.05, 0.1) is 6.07 Å². The van der Waals surface area contributed by atoms with Crippen LogP contribution in [0.3, 0.4) is 0 Å². The van der Waals surface area contributed by atoms with E-state index in [0.29, 0.717) is 18.0 Å². The molecule has 1 N–H and O–H groups in total. The fourth-order valence-corrected chi connectivity index (χ4v) is 3.75. The number of pyridine rings is 1. The number of nitrogens with one attached hydrogen (secondary N) is 1. The molecule has 1 spiro atoms. The predicted octanol–water partition coefficient (Wildman–Crippen LogP) is 2.33. The number of aromatic nitrogens is 1. The maximum absolute atomic E-state index is 12.7. The van der Waals surface area contributed by atoms with E-state index >= 15 is 0 Å². The number of carbonyl (C=O) groups excluding carboxylic acids is 1. The SMILES string of the molecule is N#CC1C(=O)NC(c2ccccn2)=NC12CCCc1ccccc12. The lowest BCUT2D eigenvalue weighted by atomic mass is 9.69. The van der Waals surface area contributed by atoms with Gasteiger partial charge >= 0.3 is 0 Å². The normalized spacial score (nSPS) is 25.4. The van der Waals surface area contributed by atoms with Crippen LogP contribution in [-0.2, 0) is 16.8 Å². The molecule has 2 heterocycles. The van der Waals surface area contributed by atoms with E-state index in [1.807, 2.05) is 36.4 Å². The highest BCUT2D eigenvalue weighted by atomic mass is 16.2. The van der Waals surface area contributed by atoms with Gasteiger partial charge in [-0.3, -0.25) is 14.8 Å². The number of amidine groups is 1. The first-order valence-corrected chi connectivity index (χ1v) is 8.05.